The van der Waals surface area contributed by atoms with E-state index in [1.165, 1.54) is 0 Å². The van der Waals surface area contributed by atoms with E-state index in [9.17, 15) is 4.79 Å². The Balaban J connectivity index is 1.54. The van der Waals surface area contributed by atoms with E-state index in [0.29, 0.717) is 25.3 Å². The van der Waals surface area contributed by atoms with Crippen LogP contribution >= 0.6 is 0 Å². The third-order valence-corrected chi connectivity index (χ3v) is 5.78. The van der Waals surface area contributed by atoms with Crippen molar-refractivity contribution in [2.75, 3.05) is 13.2 Å². The van der Waals surface area contributed by atoms with Crippen molar-refractivity contribution in [1.29, 1.82) is 0 Å². The maximum absolute atomic E-state index is 13.3. The highest BCUT2D eigenvalue weighted by molar-refractivity contribution is 6.01. The van der Waals surface area contributed by atoms with Gasteiger partial charge >= 0.3 is 0 Å². The third-order valence-electron chi connectivity index (χ3n) is 5.78. The van der Waals surface area contributed by atoms with Gasteiger partial charge in [0.05, 0.1) is 6.61 Å². The van der Waals surface area contributed by atoms with E-state index in [1.54, 1.807) is 0 Å². The number of carbonyl (C=O) groups excluding carboxylic acids is 1. The number of aliphatic hydroxyl groups is 1. The molecule has 1 heterocycles. The van der Waals surface area contributed by atoms with Crippen LogP contribution in [0.1, 0.15) is 43.7 Å². The van der Waals surface area contributed by atoms with Gasteiger partial charge in [-0.3, -0.25) is 4.79 Å². The number of benzene rings is 2. The van der Waals surface area contributed by atoms with E-state index < -0.39 is 11.6 Å². The van der Waals surface area contributed by atoms with Gasteiger partial charge < -0.3 is 19.9 Å². The van der Waals surface area contributed by atoms with Gasteiger partial charge in [-0.2, -0.15) is 0 Å². The maximum Gasteiger partial charge on any atom is 0.252 e. The lowest BCUT2D eigenvalue weighted by atomic mass is 9.89. The van der Waals surface area contributed by atoms with Crippen LogP contribution in [0.3, 0.4) is 0 Å². The van der Waals surface area contributed by atoms with Crippen LogP contribution in [-0.4, -0.2) is 47.8 Å². The Hall–Kier alpha value is -3.12. The number of nitrogens with one attached hydrogen (secondary N) is 1. The fourth-order valence-corrected chi connectivity index (χ4v) is 3.66. The molecule has 0 unspecified atom stereocenters. The number of hydrogen-bond donors (Lipinski definition) is 2. The molecule has 0 radical (unpaired) electrons. The van der Waals surface area contributed by atoms with Gasteiger partial charge in [0.25, 0.3) is 5.91 Å². The number of nitrogens with zero attached hydrogens (tertiary/aromatic N) is 1. The summed E-state index contributed by atoms with van der Waals surface area (Å²) in [5.41, 5.74) is 0.886. The molecule has 2 aromatic rings. The molecule has 2 aromatic carbocycles. The normalized spacial score (nSPS) is 22.4. The minimum atomic E-state index is -1.00. The number of hydrogen-bond acceptors (Lipinski definition) is 5. The third kappa shape index (κ3) is 5.19. The molecule has 0 saturated heterocycles. The van der Waals surface area contributed by atoms with Gasteiger partial charge in [0.2, 0.25) is 5.90 Å². The van der Waals surface area contributed by atoms with Crippen LogP contribution in [0.25, 0.3) is 6.08 Å². The molecule has 2 N–H and O–H groups in total. The van der Waals surface area contributed by atoms with Gasteiger partial charge in [0.15, 0.2) is 5.54 Å². The van der Waals surface area contributed by atoms with Crippen LogP contribution in [0, 0.1) is 0 Å². The largest absolute Gasteiger partial charge is 0.494 e. The smallest absolute Gasteiger partial charge is 0.252 e. The molecule has 168 valence electrons. The zero-order valence-corrected chi connectivity index (χ0v) is 18.4. The first-order valence-corrected chi connectivity index (χ1v) is 11.2. The molecule has 1 fully saturated rings. The molecule has 32 heavy (non-hydrogen) atoms. The molecule has 0 bridgehead atoms. The molecule has 1 amide bonds. The fourth-order valence-electron chi connectivity index (χ4n) is 3.66. The summed E-state index contributed by atoms with van der Waals surface area (Å²) >= 11 is 0. The minimum absolute atomic E-state index is 0.0795. The van der Waals surface area contributed by atoms with Crippen molar-refractivity contribution in [3.05, 3.63) is 71.8 Å². The molecule has 1 aliphatic carbocycles. The zero-order valence-electron chi connectivity index (χ0n) is 18.4. The lowest BCUT2D eigenvalue weighted by molar-refractivity contribution is -0.128. The Kier molecular flexibility index (Phi) is 6.90. The number of carbonyl (C=O) groups is 1. The Bertz CT molecular complexity index is 967. The number of amides is 1. The Morgan fingerprint density at radius 1 is 1.22 bits per heavy atom. The molecule has 2 atom stereocenters. The molecule has 1 aliphatic heterocycles. The van der Waals surface area contributed by atoms with Crippen LogP contribution in [-0.2, 0) is 9.53 Å². The monoisotopic (exact) mass is 434 g/mol. The lowest BCUT2D eigenvalue weighted by Crippen LogP contribution is -2.51. The molecule has 6 heteroatoms. The Morgan fingerprint density at radius 3 is 2.66 bits per heavy atom. The van der Waals surface area contributed by atoms with Crippen LogP contribution in [0.4, 0.5) is 0 Å². The zero-order chi connectivity index (χ0) is 22.4. The fraction of sp³-hybridized carbons (Fsp3) is 0.385. The highest BCUT2D eigenvalue weighted by Crippen LogP contribution is 2.34. The summed E-state index contributed by atoms with van der Waals surface area (Å²) in [5.74, 6) is 1.11. The van der Waals surface area contributed by atoms with Crippen molar-refractivity contribution in [3.63, 3.8) is 0 Å². The number of ether oxygens (including phenoxy) is 2. The maximum atomic E-state index is 13.3. The Labute approximate surface area is 189 Å². The SMILES string of the molecule is C[C@H]1OC(c2ccc(OCCCO)cc2)=N[C@@]1(C/C=C/c1ccccc1)C(=O)NC1CC1. The van der Waals surface area contributed by atoms with Crippen LogP contribution in [0.2, 0.25) is 0 Å². The van der Waals surface area contributed by atoms with Gasteiger partial charge in [-0.15, -0.1) is 0 Å². The second-order valence-corrected chi connectivity index (χ2v) is 8.32. The lowest BCUT2D eigenvalue weighted by Gasteiger charge is -2.27. The first-order valence-electron chi connectivity index (χ1n) is 11.2. The number of rotatable bonds is 10. The van der Waals surface area contributed by atoms with Gasteiger partial charge in [0, 0.05) is 31.1 Å². The second kappa shape index (κ2) is 10.0. The predicted molar refractivity (Wildman–Crippen MR) is 125 cm³/mol. The van der Waals surface area contributed by atoms with Crippen molar-refractivity contribution in [1.82, 2.24) is 5.32 Å². The first-order chi connectivity index (χ1) is 15.6. The van der Waals surface area contributed by atoms with E-state index >= 15 is 0 Å². The van der Waals surface area contributed by atoms with Gasteiger partial charge in [-0.25, -0.2) is 4.99 Å². The van der Waals surface area contributed by atoms with Crippen molar-refractivity contribution < 1.29 is 19.4 Å². The van der Waals surface area contributed by atoms with E-state index in [1.807, 2.05) is 73.7 Å². The average molecular weight is 435 g/mol. The summed E-state index contributed by atoms with van der Waals surface area (Å²) in [7, 11) is 0. The van der Waals surface area contributed by atoms with Gasteiger partial charge in [-0.1, -0.05) is 42.5 Å². The van der Waals surface area contributed by atoms with E-state index in [0.717, 1.165) is 29.7 Å². The molecule has 1 saturated carbocycles. The van der Waals surface area contributed by atoms with Crippen molar-refractivity contribution in [3.8, 4) is 5.75 Å². The van der Waals surface area contributed by atoms with E-state index in [2.05, 4.69) is 5.32 Å². The van der Waals surface area contributed by atoms with Gasteiger partial charge in [-0.05, 0) is 49.6 Å². The van der Waals surface area contributed by atoms with Crippen molar-refractivity contribution in [2.45, 2.75) is 50.3 Å². The second-order valence-electron chi connectivity index (χ2n) is 8.32. The summed E-state index contributed by atoms with van der Waals surface area (Å²) in [6, 6.07) is 17.7. The van der Waals surface area contributed by atoms with E-state index in [4.69, 9.17) is 19.6 Å². The standard InChI is InChI=1S/C26H30N2O4/c1-19-26(25(30)27-22-12-13-22,16-5-9-20-7-3-2-4-8-20)28-24(32-19)21-10-14-23(15-11-21)31-18-6-17-29/h2-5,7-11,14-15,19,22,29H,6,12-13,16-18H2,1H3,(H,27,30)/b9-5+/t19-,26-/m1/s1. The van der Waals surface area contributed by atoms with E-state index in [-0.39, 0.29) is 18.6 Å². The highest BCUT2D eigenvalue weighted by Gasteiger charge is 2.50. The van der Waals surface area contributed by atoms with Gasteiger partial charge in [0.1, 0.15) is 11.9 Å². The summed E-state index contributed by atoms with van der Waals surface area (Å²) < 4.78 is 11.7. The quantitative estimate of drug-likeness (QED) is 0.559. The summed E-state index contributed by atoms with van der Waals surface area (Å²) in [4.78, 5) is 18.1. The van der Waals surface area contributed by atoms with Crippen molar-refractivity contribution in [2.24, 2.45) is 4.99 Å². The average Bonchev–Trinajstić information content (AvgIpc) is 3.56. The number of aliphatic imine (C=N–C) groups is 1. The number of aliphatic hydroxyl groups excluding tert-OH is 1. The molecule has 0 spiro atoms. The topological polar surface area (TPSA) is 80.2 Å². The molecule has 6 nitrogen and oxygen atoms in total. The Morgan fingerprint density at radius 2 is 1.97 bits per heavy atom. The minimum Gasteiger partial charge on any atom is -0.494 e. The van der Waals surface area contributed by atoms with Crippen LogP contribution in [0.5, 0.6) is 5.75 Å². The molecular formula is C26H30N2O4. The summed E-state index contributed by atoms with van der Waals surface area (Å²) in [5, 5.41) is 12.0. The molecule has 0 aromatic heterocycles. The molecular weight excluding hydrogens is 404 g/mol. The first kappa shape index (κ1) is 22.1. The molecule has 4 rings (SSSR count). The highest BCUT2D eigenvalue weighted by atomic mass is 16.5. The summed E-state index contributed by atoms with van der Waals surface area (Å²) in [6.45, 7) is 2.47. The van der Waals surface area contributed by atoms with Crippen LogP contribution in [0.15, 0.2) is 65.7 Å². The summed E-state index contributed by atoms with van der Waals surface area (Å²) in [6.07, 6.45) is 6.71. The van der Waals surface area contributed by atoms with Crippen LogP contribution < -0.4 is 10.1 Å². The predicted octanol–water partition coefficient (Wildman–Crippen LogP) is 3.73. The molecule has 2 aliphatic rings. The van der Waals surface area contributed by atoms with Crippen molar-refractivity contribution >= 4 is 17.9 Å².